The fourth-order valence-corrected chi connectivity index (χ4v) is 3.50. The van der Waals surface area contributed by atoms with E-state index in [4.69, 9.17) is 0 Å². The van der Waals surface area contributed by atoms with E-state index >= 15 is 0 Å². The number of hydrogen-bond donors (Lipinski definition) is 0. The third kappa shape index (κ3) is 3.31. The van der Waals surface area contributed by atoms with Crippen LogP contribution in [0.25, 0.3) is 0 Å². The number of rotatable bonds is 2. The van der Waals surface area contributed by atoms with Gasteiger partial charge in [-0.2, -0.15) is 13.2 Å². The first-order valence-corrected chi connectivity index (χ1v) is 8.14. The van der Waals surface area contributed by atoms with Crippen LogP contribution < -0.4 is 0 Å². The van der Waals surface area contributed by atoms with E-state index in [0.29, 0.717) is 0 Å². The number of alkyl halides is 3. The first-order chi connectivity index (χ1) is 10.9. The van der Waals surface area contributed by atoms with Crippen LogP contribution in [0.15, 0.2) is 22.7 Å². The summed E-state index contributed by atoms with van der Waals surface area (Å²) in [6.45, 7) is 4.79. The van der Waals surface area contributed by atoms with Crippen molar-refractivity contribution in [1.29, 1.82) is 0 Å². The minimum absolute atomic E-state index is 0.154. The van der Waals surface area contributed by atoms with E-state index in [1.807, 2.05) is 0 Å². The first kappa shape index (κ1) is 18.8. The molecule has 0 amide bonds. The maximum atomic E-state index is 13.2. The predicted octanol–water partition coefficient (Wildman–Crippen LogP) is 4.47. The molecular weight excluding hydrogens is 389 g/mol. The van der Waals surface area contributed by atoms with Gasteiger partial charge in [-0.05, 0) is 24.6 Å². The molecule has 1 aromatic carbocycles. The second-order valence-corrected chi connectivity index (χ2v) is 7.66. The minimum Gasteiger partial charge on any atom is -0.298 e. The van der Waals surface area contributed by atoms with Gasteiger partial charge in [-0.25, -0.2) is 0 Å². The second-order valence-electron chi connectivity index (χ2n) is 6.74. The van der Waals surface area contributed by atoms with Crippen LogP contribution in [0, 0.1) is 17.3 Å². The average Bonchev–Trinajstić information content (AvgIpc) is 2.44. The second kappa shape index (κ2) is 6.10. The lowest BCUT2D eigenvalue weighted by Gasteiger charge is -2.35. The Morgan fingerprint density at radius 2 is 1.83 bits per heavy atom. The molecule has 0 spiro atoms. The van der Waals surface area contributed by atoms with Crippen molar-refractivity contribution in [3.05, 3.63) is 33.8 Å². The molecule has 7 heteroatoms. The molecule has 1 fully saturated rings. The Morgan fingerprint density at radius 1 is 1.25 bits per heavy atom. The van der Waals surface area contributed by atoms with E-state index in [1.165, 1.54) is 6.07 Å². The molecule has 1 saturated carbocycles. The van der Waals surface area contributed by atoms with Crippen LogP contribution in [0.1, 0.15) is 43.1 Å². The van der Waals surface area contributed by atoms with Crippen LogP contribution in [0.2, 0.25) is 0 Å². The Morgan fingerprint density at radius 3 is 2.38 bits per heavy atom. The van der Waals surface area contributed by atoms with Gasteiger partial charge in [0.2, 0.25) is 0 Å². The largest absolute Gasteiger partial charge is 0.417 e. The molecule has 3 nitrogen and oxygen atoms in total. The van der Waals surface area contributed by atoms with Crippen molar-refractivity contribution in [3.63, 3.8) is 0 Å². The Labute approximate surface area is 145 Å². The molecule has 2 unspecified atom stereocenters. The van der Waals surface area contributed by atoms with Gasteiger partial charge in [-0.3, -0.25) is 14.4 Å². The van der Waals surface area contributed by atoms with E-state index in [9.17, 15) is 27.6 Å². The van der Waals surface area contributed by atoms with E-state index < -0.39 is 51.9 Å². The van der Waals surface area contributed by atoms with Crippen molar-refractivity contribution in [2.75, 3.05) is 0 Å². The number of Topliss-reactive ketones (excluding diaryl/α,β-unsaturated/α-hetero) is 3. The molecule has 24 heavy (non-hydrogen) atoms. The van der Waals surface area contributed by atoms with Gasteiger partial charge in [0.15, 0.2) is 17.3 Å². The van der Waals surface area contributed by atoms with Crippen molar-refractivity contribution in [2.24, 2.45) is 17.3 Å². The standard InChI is InChI=1S/C17H16BrF3O3/c1-8-7-16(2,3)15(24)12(13(8)22)14(23)10-5-4-9(18)6-11(10)17(19,20)21/h4-6,8,12H,7H2,1-3H3. The van der Waals surface area contributed by atoms with Crippen molar-refractivity contribution < 1.29 is 27.6 Å². The molecule has 0 heterocycles. The van der Waals surface area contributed by atoms with Crippen LogP contribution in [-0.2, 0) is 15.8 Å². The number of halogens is 4. The molecule has 0 bridgehead atoms. The van der Waals surface area contributed by atoms with Gasteiger partial charge >= 0.3 is 6.18 Å². The third-order valence-electron chi connectivity index (χ3n) is 4.33. The van der Waals surface area contributed by atoms with Crippen molar-refractivity contribution in [1.82, 2.24) is 0 Å². The summed E-state index contributed by atoms with van der Waals surface area (Å²) in [5.74, 6) is -4.54. The summed E-state index contributed by atoms with van der Waals surface area (Å²) < 4.78 is 39.9. The average molecular weight is 405 g/mol. The Kier molecular flexibility index (Phi) is 4.78. The highest BCUT2D eigenvalue weighted by atomic mass is 79.9. The molecule has 2 rings (SSSR count). The zero-order valence-corrected chi connectivity index (χ0v) is 14.9. The smallest absolute Gasteiger partial charge is 0.298 e. The summed E-state index contributed by atoms with van der Waals surface area (Å²) in [5, 5.41) is 0. The maximum Gasteiger partial charge on any atom is 0.417 e. The lowest BCUT2D eigenvalue weighted by Crippen LogP contribution is -2.48. The number of hydrogen-bond acceptors (Lipinski definition) is 3. The Bertz CT molecular complexity index is 722. The monoisotopic (exact) mass is 404 g/mol. The molecule has 130 valence electrons. The predicted molar refractivity (Wildman–Crippen MR) is 84.5 cm³/mol. The van der Waals surface area contributed by atoms with Gasteiger partial charge in [0.05, 0.1) is 5.56 Å². The molecule has 0 aliphatic heterocycles. The zero-order chi connectivity index (χ0) is 18.4. The number of ketones is 3. The molecule has 0 saturated heterocycles. The van der Waals surface area contributed by atoms with Crippen LogP contribution in [0.3, 0.4) is 0 Å². The van der Waals surface area contributed by atoms with E-state index in [1.54, 1.807) is 20.8 Å². The van der Waals surface area contributed by atoms with Gasteiger partial charge in [-0.15, -0.1) is 0 Å². The van der Waals surface area contributed by atoms with Gasteiger partial charge in [-0.1, -0.05) is 36.7 Å². The van der Waals surface area contributed by atoms with E-state index in [0.717, 1.165) is 12.1 Å². The van der Waals surface area contributed by atoms with Crippen LogP contribution >= 0.6 is 15.9 Å². The number of carbonyl (C=O) groups is 3. The van der Waals surface area contributed by atoms with Crippen LogP contribution in [0.4, 0.5) is 13.2 Å². The number of carbonyl (C=O) groups excluding carboxylic acids is 3. The minimum atomic E-state index is -4.77. The third-order valence-corrected chi connectivity index (χ3v) is 4.82. The molecule has 0 N–H and O–H groups in total. The summed E-state index contributed by atoms with van der Waals surface area (Å²) in [7, 11) is 0. The normalized spacial score (nSPS) is 24.1. The fourth-order valence-electron chi connectivity index (χ4n) is 3.14. The van der Waals surface area contributed by atoms with Crippen LogP contribution in [-0.4, -0.2) is 17.3 Å². The molecule has 1 aromatic rings. The zero-order valence-electron chi connectivity index (χ0n) is 13.3. The Balaban J connectivity index is 2.56. The summed E-state index contributed by atoms with van der Waals surface area (Å²) in [6.07, 6.45) is -4.49. The lowest BCUT2D eigenvalue weighted by atomic mass is 9.64. The highest BCUT2D eigenvalue weighted by Gasteiger charge is 2.50. The summed E-state index contributed by atoms with van der Waals surface area (Å²) in [6, 6.07) is 3.07. The van der Waals surface area contributed by atoms with Gasteiger partial charge < -0.3 is 0 Å². The van der Waals surface area contributed by atoms with Gasteiger partial charge in [0, 0.05) is 21.4 Å². The molecule has 2 atom stereocenters. The van der Waals surface area contributed by atoms with Crippen molar-refractivity contribution >= 4 is 33.3 Å². The van der Waals surface area contributed by atoms with Crippen LogP contribution in [0.5, 0.6) is 0 Å². The molecule has 1 aliphatic carbocycles. The molecular formula is C17H16BrF3O3. The summed E-state index contributed by atoms with van der Waals surface area (Å²) in [4.78, 5) is 37.5. The number of benzene rings is 1. The van der Waals surface area contributed by atoms with Crippen molar-refractivity contribution in [2.45, 2.75) is 33.4 Å². The van der Waals surface area contributed by atoms with Gasteiger partial charge in [0.1, 0.15) is 5.92 Å². The summed E-state index contributed by atoms with van der Waals surface area (Å²) >= 11 is 2.94. The maximum absolute atomic E-state index is 13.2. The molecule has 1 aliphatic rings. The summed E-state index contributed by atoms with van der Waals surface area (Å²) in [5.41, 5.74) is -2.73. The highest BCUT2D eigenvalue weighted by molar-refractivity contribution is 9.10. The first-order valence-electron chi connectivity index (χ1n) is 7.35. The molecule has 0 aromatic heterocycles. The van der Waals surface area contributed by atoms with Crippen molar-refractivity contribution in [3.8, 4) is 0 Å². The molecule has 0 radical (unpaired) electrons. The fraction of sp³-hybridized carbons (Fsp3) is 0.471. The van der Waals surface area contributed by atoms with E-state index in [-0.39, 0.29) is 10.9 Å². The topological polar surface area (TPSA) is 51.2 Å². The van der Waals surface area contributed by atoms with Gasteiger partial charge in [0.25, 0.3) is 0 Å². The quantitative estimate of drug-likeness (QED) is 0.539. The lowest BCUT2D eigenvalue weighted by molar-refractivity contribution is -0.144. The highest BCUT2D eigenvalue weighted by Crippen LogP contribution is 2.40. The van der Waals surface area contributed by atoms with E-state index in [2.05, 4.69) is 15.9 Å². The SMILES string of the molecule is CC1CC(C)(C)C(=O)C(C(=O)c2ccc(Br)cc2C(F)(F)F)C1=O. The Hall–Kier alpha value is -1.50.